The Morgan fingerprint density at radius 2 is 2.04 bits per heavy atom. The lowest BCUT2D eigenvalue weighted by Gasteiger charge is -2.10. The summed E-state index contributed by atoms with van der Waals surface area (Å²) in [5, 5.41) is 9.53. The second kappa shape index (κ2) is 5.66. The number of benzene rings is 1. The van der Waals surface area contributed by atoms with E-state index in [2.05, 4.69) is 4.98 Å². The molecule has 122 valence electrons. The first kappa shape index (κ1) is 15.5. The summed E-state index contributed by atoms with van der Waals surface area (Å²) in [6.07, 6.45) is 3.88. The van der Waals surface area contributed by atoms with Crippen LogP contribution in [-0.4, -0.2) is 20.8 Å². The molecule has 1 aliphatic carbocycles. The van der Waals surface area contributed by atoms with Gasteiger partial charge in [0, 0.05) is 35.6 Å². The molecule has 5 nitrogen and oxygen atoms in total. The molecule has 1 aromatic heterocycles. The number of imidazole rings is 1. The Kier molecular flexibility index (Phi) is 3.81. The molecule has 0 saturated heterocycles. The number of aliphatic hydroxyl groups is 1. The van der Waals surface area contributed by atoms with Gasteiger partial charge in [-0.05, 0) is 25.8 Å². The summed E-state index contributed by atoms with van der Waals surface area (Å²) in [5.74, 6) is -1.37. The first-order valence-corrected chi connectivity index (χ1v) is 7.36. The summed E-state index contributed by atoms with van der Waals surface area (Å²) >= 11 is 0. The van der Waals surface area contributed by atoms with E-state index in [1.54, 1.807) is 0 Å². The normalized spacial score (nSPS) is 17.7. The second-order valence-corrected chi connectivity index (χ2v) is 5.73. The van der Waals surface area contributed by atoms with Crippen LogP contribution in [0.5, 0.6) is 0 Å². The van der Waals surface area contributed by atoms with E-state index in [-0.39, 0.29) is 11.7 Å². The third-order valence-electron chi connectivity index (χ3n) is 3.89. The second-order valence-electron chi connectivity index (χ2n) is 5.73. The summed E-state index contributed by atoms with van der Waals surface area (Å²) in [4.78, 5) is 4.39. The van der Waals surface area contributed by atoms with E-state index >= 15 is 0 Å². The van der Waals surface area contributed by atoms with Crippen molar-refractivity contribution in [3.8, 4) is 0 Å². The molecule has 0 bridgehead atoms. The van der Waals surface area contributed by atoms with Gasteiger partial charge in [-0.15, -0.1) is 0 Å². The molecule has 1 unspecified atom stereocenters. The van der Waals surface area contributed by atoms with Gasteiger partial charge in [0.25, 0.3) is 0 Å². The number of nitrogens with zero attached hydrogens (tertiary/aromatic N) is 2. The standard InChI is InChI=1S/C16H18F2N4O/c1-8(23)13(20)4-9(7-19)16-21-14-5-11(17)12(18)6-15(14)22(16)10-2-3-10/h4-8,10,23H,2-3,19-20H2,1H3/b9-7+,13-4-. The van der Waals surface area contributed by atoms with E-state index in [1.807, 2.05) is 4.57 Å². The number of hydrogen-bond acceptors (Lipinski definition) is 4. The topological polar surface area (TPSA) is 90.1 Å². The lowest BCUT2D eigenvalue weighted by Crippen LogP contribution is -2.14. The Balaban J connectivity index is 2.20. The number of nitrogens with two attached hydrogens (primary N) is 2. The van der Waals surface area contributed by atoms with Gasteiger partial charge in [0.1, 0.15) is 5.82 Å². The average molecular weight is 320 g/mol. The molecular weight excluding hydrogens is 302 g/mol. The van der Waals surface area contributed by atoms with Gasteiger partial charge in [-0.25, -0.2) is 13.8 Å². The largest absolute Gasteiger partial charge is 0.404 e. The van der Waals surface area contributed by atoms with Crippen molar-refractivity contribution >= 4 is 16.6 Å². The Morgan fingerprint density at radius 1 is 1.39 bits per heavy atom. The lowest BCUT2D eigenvalue weighted by atomic mass is 10.2. The zero-order valence-electron chi connectivity index (χ0n) is 12.6. The minimum Gasteiger partial charge on any atom is -0.404 e. The fourth-order valence-corrected chi connectivity index (χ4v) is 2.48. The minimum atomic E-state index is -0.943. The van der Waals surface area contributed by atoms with Crippen molar-refractivity contribution in [2.45, 2.75) is 31.9 Å². The first-order valence-electron chi connectivity index (χ1n) is 7.36. The first-order chi connectivity index (χ1) is 10.9. The van der Waals surface area contributed by atoms with Crippen LogP contribution in [0, 0.1) is 11.6 Å². The molecule has 0 radical (unpaired) electrons. The van der Waals surface area contributed by atoms with E-state index in [9.17, 15) is 13.9 Å². The molecular formula is C16H18F2N4O. The molecule has 5 N–H and O–H groups in total. The Hall–Kier alpha value is -2.41. The molecule has 1 aliphatic rings. The van der Waals surface area contributed by atoms with Gasteiger partial charge < -0.3 is 21.1 Å². The summed E-state index contributed by atoms with van der Waals surface area (Å²) in [5.41, 5.74) is 13.0. The molecule has 0 amide bonds. The quantitative estimate of drug-likeness (QED) is 0.753. The molecule has 0 aliphatic heterocycles. The van der Waals surface area contributed by atoms with Gasteiger partial charge in [-0.3, -0.25) is 0 Å². The molecule has 3 rings (SSSR count). The van der Waals surface area contributed by atoms with Crippen molar-refractivity contribution in [2.24, 2.45) is 11.5 Å². The molecule has 1 saturated carbocycles. The molecule has 0 spiro atoms. The molecule has 1 fully saturated rings. The highest BCUT2D eigenvalue weighted by Crippen LogP contribution is 2.40. The van der Waals surface area contributed by atoms with Gasteiger partial charge in [0.15, 0.2) is 11.6 Å². The zero-order valence-corrected chi connectivity index (χ0v) is 12.6. The van der Waals surface area contributed by atoms with Crippen LogP contribution in [0.1, 0.15) is 31.6 Å². The predicted octanol–water partition coefficient (Wildman–Crippen LogP) is 2.17. The van der Waals surface area contributed by atoms with Crippen LogP contribution in [0.3, 0.4) is 0 Å². The van der Waals surface area contributed by atoms with E-state index < -0.39 is 17.7 Å². The Labute approximate surface area is 131 Å². The SMILES string of the molecule is CC(O)/C(N)=C/C(=C\N)c1nc2cc(F)c(F)cc2n1C1CC1. The summed E-state index contributed by atoms with van der Waals surface area (Å²) in [7, 11) is 0. The van der Waals surface area contributed by atoms with Gasteiger partial charge in [0.2, 0.25) is 0 Å². The van der Waals surface area contributed by atoms with Crippen molar-refractivity contribution in [2.75, 3.05) is 0 Å². The molecule has 23 heavy (non-hydrogen) atoms. The summed E-state index contributed by atoms with van der Waals surface area (Å²) in [6.45, 7) is 1.54. The molecule has 1 atom stereocenters. The van der Waals surface area contributed by atoms with Crippen molar-refractivity contribution in [1.82, 2.24) is 9.55 Å². The Bertz CT molecular complexity index is 819. The molecule has 7 heteroatoms. The van der Waals surface area contributed by atoms with Crippen LogP contribution in [0.4, 0.5) is 8.78 Å². The third-order valence-corrected chi connectivity index (χ3v) is 3.89. The van der Waals surface area contributed by atoms with E-state index in [0.29, 0.717) is 22.4 Å². The predicted molar refractivity (Wildman–Crippen MR) is 84.0 cm³/mol. The number of allylic oxidation sites excluding steroid dienone is 2. The maximum Gasteiger partial charge on any atom is 0.161 e. The van der Waals surface area contributed by atoms with Crippen molar-refractivity contribution < 1.29 is 13.9 Å². The highest BCUT2D eigenvalue weighted by Gasteiger charge is 2.29. The van der Waals surface area contributed by atoms with E-state index in [0.717, 1.165) is 25.0 Å². The van der Waals surface area contributed by atoms with Crippen molar-refractivity contribution in [1.29, 1.82) is 0 Å². The number of aliphatic hydroxyl groups excluding tert-OH is 1. The van der Waals surface area contributed by atoms with Crippen LogP contribution < -0.4 is 11.5 Å². The number of halogens is 2. The van der Waals surface area contributed by atoms with Gasteiger partial charge in [-0.1, -0.05) is 0 Å². The smallest absolute Gasteiger partial charge is 0.161 e. The average Bonchev–Trinajstić information content (AvgIpc) is 3.27. The number of hydrogen-bond donors (Lipinski definition) is 3. The van der Waals surface area contributed by atoms with Crippen LogP contribution in [0.25, 0.3) is 16.6 Å². The number of aromatic nitrogens is 2. The monoisotopic (exact) mass is 320 g/mol. The highest BCUT2D eigenvalue weighted by molar-refractivity contribution is 5.82. The maximum absolute atomic E-state index is 13.6. The van der Waals surface area contributed by atoms with Crippen LogP contribution in [0.2, 0.25) is 0 Å². The van der Waals surface area contributed by atoms with Gasteiger partial charge in [-0.2, -0.15) is 0 Å². The molecule has 2 aromatic rings. The molecule has 1 aromatic carbocycles. The fourth-order valence-electron chi connectivity index (χ4n) is 2.48. The van der Waals surface area contributed by atoms with Crippen LogP contribution in [-0.2, 0) is 0 Å². The number of rotatable bonds is 4. The summed E-state index contributed by atoms with van der Waals surface area (Å²) < 4.78 is 28.9. The third kappa shape index (κ3) is 2.79. The minimum absolute atomic E-state index is 0.177. The van der Waals surface area contributed by atoms with Crippen molar-refractivity contribution in [3.05, 3.63) is 47.6 Å². The summed E-state index contributed by atoms with van der Waals surface area (Å²) in [6, 6.07) is 2.40. The van der Waals surface area contributed by atoms with Crippen molar-refractivity contribution in [3.63, 3.8) is 0 Å². The van der Waals surface area contributed by atoms with Crippen LogP contribution >= 0.6 is 0 Å². The highest BCUT2D eigenvalue weighted by atomic mass is 19.2. The maximum atomic E-state index is 13.6. The van der Waals surface area contributed by atoms with E-state index in [1.165, 1.54) is 19.2 Å². The fraction of sp³-hybridized carbons (Fsp3) is 0.312. The molecule has 1 heterocycles. The van der Waals surface area contributed by atoms with Crippen LogP contribution in [0.15, 0.2) is 30.1 Å². The van der Waals surface area contributed by atoms with E-state index in [4.69, 9.17) is 11.5 Å². The van der Waals surface area contributed by atoms with Gasteiger partial charge in [0.05, 0.1) is 17.1 Å². The van der Waals surface area contributed by atoms with Gasteiger partial charge >= 0.3 is 0 Å². The number of fused-ring (bicyclic) bond motifs is 1. The lowest BCUT2D eigenvalue weighted by molar-refractivity contribution is 0.230. The Morgan fingerprint density at radius 3 is 2.61 bits per heavy atom. The zero-order chi connectivity index (χ0) is 16.7.